The second-order valence-corrected chi connectivity index (χ2v) is 8.83. The number of fused-ring (bicyclic) bond motifs is 2. The minimum absolute atomic E-state index is 0. The van der Waals surface area contributed by atoms with Gasteiger partial charge in [0.2, 0.25) is 0 Å². The van der Waals surface area contributed by atoms with Crippen molar-refractivity contribution >= 4 is 44.7 Å². The maximum Gasteiger partial charge on any atom is 1.00 e. The number of rotatable bonds is 5. The largest absolute Gasteiger partial charge is 1.00 e. The maximum atomic E-state index is 13.2. The number of nitrogen functional groups attached to an aromatic ring is 1. The van der Waals surface area contributed by atoms with Gasteiger partial charge in [-0.05, 0) is 30.2 Å². The third-order valence-electron chi connectivity index (χ3n) is 5.11. The Balaban J connectivity index is 0.00000289. The molecule has 7 nitrogen and oxygen atoms in total. The standard InChI is InChI=1S/C22H17ClN2O5S.Na/c23-13-7-5-12(6-8-13)9-10-25-16-11-17(31(28,29)30)20(24)19-18(16)21(26)14-3-1-2-4-15(14)22(19)27;/h1-8,11,25H,9-10,24H2,(H,28,29,30);/q;+1/p-1. The molecule has 0 saturated carbocycles. The molecule has 0 spiro atoms. The smallest absolute Gasteiger partial charge is 0.744 e. The number of benzene rings is 3. The van der Waals surface area contributed by atoms with E-state index in [4.69, 9.17) is 17.3 Å². The van der Waals surface area contributed by atoms with Crippen molar-refractivity contribution < 1.29 is 52.1 Å². The van der Waals surface area contributed by atoms with E-state index in [1.807, 2.05) is 12.1 Å². The molecule has 0 bridgehead atoms. The number of anilines is 2. The van der Waals surface area contributed by atoms with Gasteiger partial charge in [-0.1, -0.05) is 48.0 Å². The number of nitrogens with one attached hydrogen (secondary N) is 1. The number of hydrogen-bond donors (Lipinski definition) is 2. The molecule has 158 valence electrons. The van der Waals surface area contributed by atoms with Crippen molar-refractivity contribution in [1.29, 1.82) is 0 Å². The van der Waals surface area contributed by atoms with Crippen molar-refractivity contribution in [3.05, 3.63) is 87.4 Å². The van der Waals surface area contributed by atoms with Crippen LogP contribution in [-0.4, -0.2) is 31.1 Å². The second kappa shape index (κ2) is 9.35. The quantitative estimate of drug-likeness (QED) is 0.239. The van der Waals surface area contributed by atoms with E-state index in [1.165, 1.54) is 12.1 Å². The summed E-state index contributed by atoms with van der Waals surface area (Å²) < 4.78 is 35.3. The van der Waals surface area contributed by atoms with Gasteiger partial charge >= 0.3 is 29.6 Å². The van der Waals surface area contributed by atoms with Crippen LogP contribution in [0.4, 0.5) is 11.4 Å². The van der Waals surface area contributed by atoms with E-state index in [0.29, 0.717) is 18.0 Å². The van der Waals surface area contributed by atoms with Gasteiger partial charge in [-0.3, -0.25) is 9.59 Å². The fourth-order valence-electron chi connectivity index (χ4n) is 3.63. The molecule has 3 N–H and O–H groups in total. The van der Waals surface area contributed by atoms with E-state index in [0.717, 1.165) is 11.6 Å². The van der Waals surface area contributed by atoms with E-state index in [2.05, 4.69) is 5.32 Å². The van der Waals surface area contributed by atoms with Gasteiger partial charge < -0.3 is 15.6 Å². The third kappa shape index (κ3) is 4.47. The van der Waals surface area contributed by atoms with Gasteiger partial charge in [0, 0.05) is 28.4 Å². The number of carbonyl (C=O) groups excluding carboxylic acids is 2. The van der Waals surface area contributed by atoms with Crippen LogP contribution in [0.15, 0.2) is 59.5 Å². The summed E-state index contributed by atoms with van der Waals surface area (Å²) in [6.45, 7) is 0.305. The topological polar surface area (TPSA) is 129 Å². The minimum Gasteiger partial charge on any atom is -0.744 e. The molecular formula is C22H16ClN2NaO5S. The van der Waals surface area contributed by atoms with Crippen LogP contribution in [-0.2, 0) is 16.5 Å². The van der Waals surface area contributed by atoms with Crippen LogP contribution in [0.1, 0.15) is 37.4 Å². The Labute approximate surface area is 212 Å². The predicted molar refractivity (Wildman–Crippen MR) is 116 cm³/mol. The Hall–Kier alpha value is -2.20. The Bertz CT molecular complexity index is 1340. The molecule has 0 fully saturated rings. The average Bonchev–Trinajstić information content (AvgIpc) is 2.73. The summed E-state index contributed by atoms with van der Waals surface area (Å²) in [5, 5.41) is 3.59. The Morgan fingerprint density at radius 2 is 1.50 bits per heavy atom. The number of carbonyl (C=O) groups is 2. The SMILES string of the molecule is Nc1c(S(=O)(=O)[O-])cc(NCCc2ccc(Cl)cc2)c2c1C(=O)c1ccccc1C2=O.[Na+]. The Morgan fingerprint density at radius 3 is 2.06 bits per heavy atom. The molecule has 32 heavy (non-hydrogen) atoms. The number of ketones is 2. The normalized spacial score (nSPS) is 12.6. The molecule has 1 aliphatic carbocycles. The molecule has 3 aromatic rings. The van der Waals surface area contributed by atoms with Crippen LogP contribution < -0.4 is 40.6 Å². The zero-order valence-corrected chi connectivity index (χ0v) is 20.6. The molecule has 0 unspecified atom stereocenters. The van der Waals surface area contributed by atoms with Gasteiger partial charge in [0.25, 0.3) is 0 Å². The van der Waals surface area contributed by atoms with Gasteiger partial charge in [-0.15, -0.1) is 0 Å². The van der Waals surface area contributed by atoms with Crippen molar-refractivity contribution in [3.8, 4) is 0 Å². The molecule has 3 aromatic carbocycles. The molecule has 0 heterocycles. The van der Waals surface area contributed by atoms with Crippen molar-refractivity contribution in [2.75, 3.05) is 17.6 Å². The number of nitrogens with two attached hydrogens (primary N) is 1. The van der Waals surface area contributed by atoms with Crippen molar-refractivity contribution in [3.63, 3.8) is 0 Å². The van der Waals surface area contributed by atoms with Gasteiger partial charge in [0.05, 0.1) is 21.7 Å². The van der Waals surface area contributed by atoms with Crippen LogP contribution in [0.3, 0.4) is 0 Å². The maximum absolute atomic E-state index is 13.2. The van der Waals surface area contributed by atoms with E-state index >= 15 is 0 Å². The molecular weight excluding hydrogens is 463 g/mol. The predicted octanol–water partition coefficient (Wildman–Crippen LogP) is 0.260. The summed E-state index contributed by atoms with van der Waals surface area (Å²) >= 11 is 5.88. The van der Waals surface area contributed by atoms with Crippen LogP contribution in [0.25, 0.3) is 0 Å². The van der Waals surface area contributed by atoms with Crippen molar-refractivity contribution in [2.45, 2.75) is 11.3 Å². The van der Waals surface area contributed by atoms with Crippen LogP contribution in [0, 0.1) is 0 Å². The summed E-state index contributed by atoms with van der Waals surface area (Å²) in [4.78, 5) is 25.5. The van der Waals surface area contributed by atoms with E-state index < -0.39 is 32.3 Å². The molecule has 0 aliphatic heterocycles. The Morgan fingerprint density at radius 1 is 0.938 bits per heavy atom. The number of halogens is 1. The fourth-order valence-corrected chi connectivity index (χ4v) is 4.39. The van der Waals surface area contributed by atoms with Gasteiger partial charge in [0.1, 0.15) is 10.1 Å². The average molecular weight is 479 g/mol. The first-order valence-electron chi connectivity index (χ1n) is 9.27. The molecule has 10 heteroatoms. The zero-order valence-electron chi connectivity index (χ0n) is 17.0. The summed E-state index contributed by atoms with van der Waals surface area (Å²) in [6.07, 6.45) is 0.522. The molecule has 0 aromatic heterocycles. The Kier molecular flexibility index (Phi) is 7.14. The molecule has 0 atom stereocenters. The summed E-state index contributed by atoms with van der Waals surface area (Å²) in [5.41, 5.74) is 6.41. The van der Waals surface area contributed by atoms with E-state index in [-0.39, 0.29) is 57.5 Å². The fraction of sp³-hybridized carbons (Fsp3) is 0.0909. The minimum atomic E-state index is -4.98. The van der Waals surface area contributed by atoms with Crippen molar-refractivity contribution in [2.24, 2.45) is 0 Å². The van der Waals surface area contributed by atoms with Crippen LogP contribution in [0.5, 0.6) is 0 Å². The van der Waals surface area contributed by atoms with E-state index in [9.17, 15) is 22.6 Å². The van der Waals surface area contributed by atoms with Gasteiger partial charge in [0.15, 0.2) is 11.6 Å². The molecule has 0 saturated heterocycles. The summed E-state index contributed by atoms with van der Waals surface area (Å²) in [7, 11) is -4.98. The third-order valence-corrected chi connectivity index (χ3v) is 6.24. The summed E-state index contributed by atoms with van der Waals surface area (Å²) in [5.74, 6) is -1.07. The van der Waals surface area contributed by atoms with Gasteiger partial charge in [-0.25, -0.2) is 8.42 Å². The second-order valence-electron chi connectivity index (χ2n) is 7.05. The van der Waals surface area contributed by atoms with E-state index in [1.54, 1.807) is 24.3 Å². The first-order chi connectivity index (χ1) is 14.7. The summed E-state index contributed by atoms with van der Waals surface area (Å²) in [6, 6.07) is 14.4. The van der Waals surface area contributed by atoms with Crippen LogP contribution in [0.2, 0.25) is 5.02 Å². The molecule has 1 aliphatic rings. The molecule has 0 radical (unpaired) electrons. The number of hydrogen-bond acceptors (Lipinski definition) is 7. The zero-order chi connectivity index (χ0) is 22.3. The van der Waals surface area contributed by atoms with Crippen molar-refractivity contribution in [1.82, 2.24) is 0 Å². The van der Waals surface area contributed by atoms with Crippen LogP contribution >= 0.6 is 11.6 Å². The molecule has 0 amide bonds. The molecule has 4 rings (SSSR count). The first kappa shape index (κ1) is 24.4. The first-order valence-corrected chi connectivity index (χ1v) is 11.1. The van der Waals surface area contributed by atoms with Gasteiger partial charge in [-0.2, -0.15) is 0 Å². The monoisotopic (exact) mass is 478 g/mol.